The van der Waals surface area contributed by atoms with Crippen molar-refractivity contribution in [2.75, 3.05) is 12.4 Å². The number of benzene rings is 2. The highest BCUT2D eigenvalue weighted by Crippen LogP contribution is 2.27. The maximum atomic E-state index is 13.5. The summed E-state index contributed by atoms with van der Waals surface area (Å²) < 4.78 is 16.7. The van der Waals surface area contributed by atoms with Crippen molar-refractivity contribution in [3.8, 4) is 0 Å². The molecule has 1 unspecified atom stereocenters. The Hall–Kier alpha value is -4.47. The van der Waals surface area contributed by atoms with Crippen molar-refractivity contribution in [1.29, 1.82) is 0 Å². The highest BCUT2D eigenvalue weighted by atomic mass is 19.1. The summed E-state index contributed by atoms with van der Waals surface area (Å²) in [5.41, 5.74) is 4.41. The highest BCUT2D eigenvalue weighted by molar-refractivity contribution is 6.00. The normalized spacial score (nSPS) is 11.9. The average molecular weight is 520 g/mol. The molecule has 2 aromatic heterocycles. The number of carbonyl (C=O) groups excluding carboxylic acids is 2. The maximum absolute atomic E-state index is 13.5. The highest BCUT2D eigenvalue weighted by Gasteiger charge is 2.20. The van der Waals surface area contributed by atoms with Crippen molar-refractivity contribution >= 4 is 34.4 Å². The first kappa shape index (κ1) is 26.6. The fraction of sp³-hybridized carbons (Fsp3) is 0.286. The lowest BCUT2D eigenvalue weighted by Gasteiger charge is -2.18. The van der Waals surface area contributed by atoms with Crippen LogP contribution in [-0.4, -0.2) is 44.3 Å². The summed E-state index contributed by atoms with van der Waals surface area (Å²) in [6.07, 6.45) is 5.20. The van der Waals surface area contributed by atoms with Crippen molar-refractivity contribution in [2.45, 2.75) is 45.7 Å². The van der Waals surface area contributed by atoms with E-state index in [4.69, 9.17) is 5.11 Å². The second-order valence-corrected chi connectivity index (χ2v) is 9.29. The molecule has 0 bridgehead atoms. The topological polar surface area (TPSA) is 118 Å². The van der Waals surface area contributed by atoms with E-state index in [-0.39, 0.29) is 18.2 Å². The Bertz CT molecular complexity index is 1510. The summed E-state index contributed by atoms with van der Waals surface area (Å²) in [5.74, 6) is -1.80. The minimum Gasteiger partial charge on any atom is -0.481 e. The van der Waals surface area contributed by atoms with Gasteiger partial charge in [0.1, 0.15) is 6.04 Å². The van der Waals surface area contributed by atoms with Gasteiger partial charge in [-0.25, -0.2) is 4.39 Å². The zero-order valence-electron chi connectivity index (χ0n) is 21.5. The van der Waals surface area contributed by atoms with Crippen LogP contribution in [0.15, 0.2) is 55.0 Å². The first-order valence-electron chi connectivity index (χ1n) is 12.3. The smallest absolute Gasteiger partial charge is 0.303 e. The maximum Gasteiger partial charge on any atom is 0.303 e. The molecule has 198 valence electrons. The van der Waals surface area contributed by atoms with Crippen molar-refractivity contribution in [3.05, 3.63) is 83.1 Å². The van der Waals surface area contributed by atoms with Gasteiger partial charge in [-0.2, -0.15) is 5.10 Å². The lowest BCUT2D eigenvalue weighted by Crippen LogP contribution is -2.24. The molecule has 2 heterocycles. The minimum atomic E-state index is -0.882. The van der Waals surface area contributed by atoms with Crippen LogP contribution in [-0.2, 0) is 22.6 Å². The number of carboxylic acids is 1. The number of anilines is 1. The Morgan fingerprint density at radius 3 is 2.61 bits per heavy atom. The van der Waals surface area contributed by atoms with Crippen molar-refractivity contribution in [1.82, 2.24) is 19.7 Å². The quantitative estimate of drug-likeness (QED) is 0.289. The number of amides is 2. The van der Waals surface area contributed by atoms with Crippen LogP contribution in [0.4, 0.5) is 10.1 Å². The van der Waals surface area contributed by atoms with E-state index in [1.54, 1.807) is 26.1 Å². The monoisotopic (exact) mass is 519 g/mol. The summed E-state index contributed by atoms with van der Waals surface area (Å²) in [6, 6.07) is 10.3. The van der Waals surface area contributed by atoms with Crippen LogP contribution in [0.5, 0.6) is 0 Å². The van der Waals surface area contributed by atoms with Gasteiger partial charge in [0.05, 0.1) is 18.9 Å². The number of aryl methyl sites for hydroxylation is 2. The number of rotatable bonds is 10. The van der Waals surface area contributed by atoms with E-state index in [9.17, 15) is 18.8 Å². The van der Waals surface area contributed by atoms with Gasteiger partial charge in [0, 0.05) is 41.8 Å². The van der Waals surface area contributed by atoms with Gasteiger partial charge in [0.15, 0.2) is 5.82 Å². The molecule has 0 saturated heterocycles. The van der Waals surface area contributed by atoms with Crippen LogP contribution in [0.1, 0.15) is 52.9 Å². The Balaban J connectivity index is 1.62. The third-order valence-electron chi connectivity index (χ3n) is 6.53. The molecule has 4 aromatic rings. The number of carbonyl (C=O) groups is 3. The van der Waals surface area contributed by atoms with Gasteiger partial charge in [0.25, 0.3) is 5.91 Å². The minimum absolute atomic E-state index is 0.0143. The average Bonchev–Trinajstić information content (AvgIpc) is 3.45. The number of fused-ring (bicyclic) bond motifs is 1. The van der Waals surface area contributed by atoms with Crippen molar-refractivity contribution < 1.29 is 23.9 Å². The van der Waals surface area contributed by atoms with E-state index in [1.807, 2.05) is 42.0 Å². The second kappa shape index (κ2) is 11.3. The number of carboxylic acid groups (broad SMARTS) is 1. The fourth-order valence-electron chi connectivity index (χ4n) is 4.49. The van der Waals surface area contributed by atoms with Gasteiger partial charge >= 0.3 is 5.97 Å². The van der Waals surface area contributed by atoms with Crippen molar-refractivity contribution in [3.63, 3.8) is 0 Å². The lowest BCUT2D eigenvalue weighted by atomic mass is 10.0. The second-order valence-electron chi connectivity index (χ2n) is 9.29. The van der Waals surface area contributed by atoms with Gasteiger partial charge in [-0.3, -0.25) is 19.1 Å². The third kappa shape index (κ3) is 5.91. The predicted molar refractivity (Wildman–Crippen MR) is 142 cm³/mol. The van der Waals surface area contributed by atoms with Gasteiger partial charge in [-0.15, -0.1) is 0 Å². The number of aliphatic carboxylic acids is 1. The Kier molecular flexibility index (Phi) is 7.90. The van der Waals surface area contributed by atoms with Gasteiger partial charge in [-0.1, -0.05) is 18.2 Å². The van der Waals surface area contributed by atoms with Crippen molar-refractivity contribution in [2.24, 2.45) is 0 Å². The molecule has 0 spiro atoms. The van der Waals surface area contributed by atoms with E-state index in [0.717, 1.165) is 33.8 Å². The van der Waals surface area contributed by atoms with Crippen LogP contribution in [0.2, 0.25) is 0 Å². The summed E-state index contributed by atoms with van der Waals surface area (Å²) in [5, 5.41) is 19.6. The molecule has 0 saturated carbocycles. The van der Waals surface area contributed by atoms with Crippen LogP contribution >= 0.6 is 0 Å². The van der Waals surface area contributed by atoms with E-state index in [0.29, 0.717) is 30.6 Å². The molecule has 0 fully saturated rings. The van der Waals surface area contributed by atoms with Crippen LogP contribution < -0.4 is 10.6 Å². The zero-order chi connectivity index (χ0) is 27.4. The third-order valence-corrected chi connectivity index (χ3v) is 6.53. The Labute approximate surface area is 219 Å². The molecule has 1 atom stereocenters. The number of nitrogens with zero attached hydrogens (tertiary/aromatic N) is 3. The SMILES string of the molecule is CNC(=O)c1ccc2c(C)cn(C(C)C(=O)Nc3cc(Cn4cc(F)cn4)ccc3CCCC(=O)O)c2c1. The molecule has 0 aliphatic carbocycles. The molecular formula is C28H30FN5O4. The molecule has 9 nitrogen and oxygen atoms in total. The van der Waals surface area contributed by atoms with E-state index in [2.05, 4.69) is 15.7 Å². The summed E-state index contributed by atoms with van der Waals surface area (Å²) in [7, 11) is 1.57. The summed E-state index contributed by atoms with van der Waals surface area (Å²) >= 11 is 0. The Morgan fingerprint density at radius 2 is 1.92 bits per heavy atom. The number of halogens is 1. The molecule has 0 radical (unpaired) electrons. The molecule has 3 N–H and O–H groups in total. The standard InChI is InChI=1S/C28H30FN5O4/c1-17-14-34(25-12-21(28(38)30-3)9-10-23(17)25)18(2)27(37)32-24-11-19(15-33-16-22(29)13-31-33)7-8-20(24)5-4-6-26(35)36/h7-14,16,18H,4-6,15H2,1-3H3,(H,30,38)(H,32,37)(H,35,36). The molecule has 38 heavy (non-hydrogen) atoms. The predicted octanol–water partition coefficient (Wildman–Crippen LogP) is 4.30. The van der Waals surface area contributed by atoms with Crippen LogP contribution in [0.3, 0.4) is 0 Å². The lowest BCUT2D eigenvalue weighted by molar-refractivity contribution is -0.137. The molecular weight excluding hydrogens is 489 g/mol. The molecule has 0 aliphatic rings. The largest absolute Gasteiger partial charge is 0.481 e. The number of aromatic nitrogens is 3. The summed E-state index contributed by atoms with van der Waals surface area (Å²) in [4.78, 5) is 36.7. The van der Waals surface area contributed by atoms with Crippen LogP contribution in [0, 0.1) is 12.7 Å². The molecule has 2 amide bonds. The molecule has 4 rings (SSSR count). The number of nitrogens with one attached hydrogen (secondary N) is 2. The van der Waals surface area contributed by atoms with E-state index >= 15 is 0 Å². The molecule has 0 aliphatic heterocycles. The van der Waals surface area contributed by atoms with Crippen LogP contribution in [0.25, 0.3) is 10.9 Å². The first-order chi connectivity index (χ1) is 18.2. The number of hydrogen-bond acceptors (Lipinski definition) is 4. The van der Waals surface area contributed by atoms with Gasteiger partial charge < -0.3 is 20.3 Å². The fourth-order valence-corrected chi connectivity index (χ4v) is 4.49. The van der Waals surface area contributed by atoms with Gasteiger partial charge in [0.2, 0.25) is 5.91 Å². The zero-order valence-corrected chi connectivity index (χ0v) is 21.5. The van der Waals surface area contributed by atoms with E-state index in [1.165, 1.54) is 10.9 Å². The number of hydrogen-bond donors (Lipinski definition) is 3. The first-order valence-corrected chi connectivity index (χ1v) is 12.3. The Morgan fingerprint density at radius 1 is 1.13 bits per heavy atom. The molecule has 2 aromatic carbocycles. The van der Waals surface area contributed by atoms with E-state index < -0.39 is 17.8 Å². The van der Waals surface area contributed by atoms with Gasteiger partial charge in [-0.05, 0) is 61.6 Å². The summed E-state index contributed by atoms with van der Waals surface area (Å²) in [6.45, 7) is 4.04. The molecule has 10 heteroatoms.